The highest BCUT2D eigenvalue weighted by molar-refractivity contribution is 7.85. The second-order valence-electron chi connectivity index (χ2n) is 3.92. The summed E-state index contributed by atoms with van der Waals surface area (Å²) in [7, 11) is -3.81. The molecule has 94 valence electrons. The largest absolute Gasteiger partial charge is 0.286 e. The molecular formula is C13H18O3S. The van der Waals surface area contributed by atoms with E-state index in [9.17, 15) is 8.42 Å². The first kappa shape index (κ1) is 13.9. The van der Waals surface area contributed by atoms with Crippen molar-refractivity contribution in [3.63, 3.8) is 0 Å². The van der Waals surface area contributed by atoms with Crippen LogP contribution in [0.1, 0.15) is 24.8 Å². The van der Waals surface area contributed by atoms with E-state index in [0.29, 0.717) is 6.42 Å². The Morgan fingerprint density at radius 3 is 2.35 bits per heavy atom. The van der Waals surface area contributed by atoms with E-state index in [1.54, 1.807) is 6.08 Å². The van der Waals surface area contributed by atoms with Crippen LogP contribution in [0.5, 0.6) is 0 Å². The molecule has 0 fully saturated rings. The number of rotatable bonds is 7. The molecule has 1 rings (SSSR count). The molecule has 0 bridgehead atoms. The fraction of sp³-hybridized carbons (Fsp3) is 0.385. The van der Waals surface area contributed by atoms with Gasteiger partial charge in [-0.1, -0.05) is 42.5 Å². The first-order valence-electron chi connectivity index (χ1n) is 5.72. The van der Waals surface area contributed by atoms with E-state index < -0.39 is 10.1 Å². The van der Waals surface area contributed by atoms with Crippen molar-refractivity contribution >= 4 is 10.1 Å². The molecule has 0 atom stereocenters. The number of aryl methyl sites for hydroxylation is 1. The summed E-state index contributed by atoms with van der Waals surface area (Å²) in [6, 6.07) is 10.2. The lowest BCUT2D eigenvalue weighted by Gasteiger charge is -1.98. The van der Waals surface area contributed by atoms with Crippen LogP contribution in [0.2, 0.25) is 0 Å². The Hall–Kier alpha value is -1.13. The smallest absolute Gasteiger partial charge is 0.265 e. The van der Waals surface area contributed by atoms with Crippen molar-refractivity contribution in [3.05, 3.63) is 48.0 Å². The third kappa shape index (κ3) is 7.71. The Morgan fingerprint density at radius 2 is 1.71 bits per heavy atom. The normalized spacial score (nSPS) is 12.1. The second kappa shape index (κ2) is 7.25. The van der Waals surface area contributed by atoms with Crippen molar-refractivity contribution in [3.8, 4) is 0 Å². The van der Waals surface area contributed by atoms with Gasteiger partial charge in [0.2, 0.25) is 0 Å². The summed E-state index contributed by atoms with van der Waals surface area (Å²) >= 11 is 0. The number of benzene rings is 1. The molecule has 17 heavy (non-hydrogen) atoms. The minimum Gasteiger partial charge on any atom is -0.286 e. The third-order valence-electron chi connectivity index (χ3n) is 2.39. The van der Waals surface area contributed by atoms with Gasteiger partial charge < -0.3 is 0 Å². The van der Waals surface area contributed by atoms with E-state index in [1.165, 1.54) is 5.56 Å². The van der Waals surface area contributed by atoms with Crippen molar-refractivity contribution in [1.29, 1.82) is 0 Å². The first-order chi connectivity index (χ1) is 8.08. The van der Waals surface area contributed by atoms with Gasteiger partial charge in [-0.25, -0.2) is 0 Å². The van der Waals surface area contributed by atoms with Crippen molar-refractivity contribution in [1.82, 2.24) is 0 Å². The minimum atomic E-state index is -3.81. The molecule has 0 radical (unpaired) electrons. The van der Waals surface area contributed by atoms with Crippen LogP contribution < -0.4 is 0 Å². The maximum atomic E-state index is 10.4. The maximum Gasteiger partial charge on any atom is 0.265 e. The zero-order chi connectivity index (χ0) is 12.6. The average Bonchev–Trinajstić information content (AvgIpc) is 2.28. The zero-order valence-corrected chi connectivity index (χ0v) is 10.6. The fourth-order valence-electron chi connectivity index (χ4n) is 1.52. The van der Waals surface area contributed by atoms with E-state index in [-0.39, 0.29) is 5.75 Å². The molecule has 4 heteroatoms. The lowest BCUT2D eigenvalue weighted by Crippen LogP contribution is -2.01. The molecule has 1 aromatic carbocycles. The van der Waals surface area contributed by atoms with Crippen LogP contribution in [-0.2, 0) is 16.5 Å². The standard InChI is InChI=1S/C13H18O3S/c14-17(15,16)12-8-3-1-2-5-9-13-10-6-4-7-11-13/h1,3-4,6-7,10-11H,2,5,8-9,12H2,(H,14,15,16). The van der Waals surface area contributed by atoms with Crippen molar-refractivity contribution in [2.24, 2.45) is 0 Å². The highest BCUT2D eigenvalue weighted by atomic mass is 32.2. The van der Waals surface area contributed by atoms with Gasteiger partial charge in [-0.05, 0) is 31.2 Å². The molecule has 3 nitrogen and oxygen atoms in total. The molecule has 0 aliphatic rings. The molecule has 0 aromatic heterocycles. The van der Waals surface area contributed by atoms with Gasteiger partial charge in [0.15, 0.2) is 0 Å². The molecule has 0 aliphatic heterocycles. The molecule has 0 unspecified atom stereocenters. The van der Waals surface area contributed by atoms with Crippen LogP contribution in [0.25, 0.3) is 0 Å². The van der Waals surface area contributed by atoms with Crippen LogP contribution in [0.3, 0.4) is 0 Å². The summed E-state index contributed by atoms with van der Waals surface area (Å²) in [5.74, 6) is -0.192. The summed E-state index contributed by atoms with van der Waals surface area (Å²) in [6.45, 7) is 0. The molecular weight excluding hydrogens is 236 g/mol. The summed E-state index contributed by atoms with van der Waals surface area (Å²) in [5.41, 5.74) is 1.32. The lowest BCUT2D eigenvalue weighted by molar-refractivity contribution is 0.483. The quantitative estimate of drug-likeness (QED) is 0.462. The summed E-state index contributed by atoms with van der Waals surface area (Å²) < 4.78 is 29.4. The molecule has 0 heterocycles. The van der Waals surface area contributed by atoms with E-state index in [0.717, 1.165) is 19.3 Å². The summed E-state index contributed by atoms with van der Waals surface area (Å²) in [6.07, 6.45) is 7.16. The van der Waals surface area contributed by atoms with Gasteiger partial charge in [0, 0.05) is 0 Å². The van der Waals surface area contributed by atoms with Crippen LogP contribution in [0.4, 0.5) is 0 Å². The van der Waals surface area contributed by atoms with Gasteiger partial charge >= 0.3 is 0 Å². The SMILES string of the molecule is O=S(=O)(O)CCC=CCCCc1ccccc1. The molecule has 0 spiro atoms. The predicted octanol–water partition coefficient (Wildman–Crippen LogP) is 2.84. The monoisotopic (exact) mass is 254 g/mol. The van der Waals surface area contributed by atoms with Crippen LogP contribution in [0.15, 0.2) is 42.5 Å². The highest BCUT2D eigenvalue weighted by Crippen LogP contribution is 2.05. The van der Waals surface area contributed by atoms with Crippen LogP contribution >= 0.6 is 0 Å². The van der Waals surface area contributed by atoms with E-state index in [4.69, 9.17) is 4.55 Å². The summed E-state index contributed by atoms with van der Waals surface area (Å²) in [5, 5.41) is 0. The topological polar surface area (TPSA) is 54.4 Å². The van der Waals surface area contributed by atoms with E-state index in [2.05, 4.69) is 12.1 Å². The third-order valence-corrected chi connectivity index (χ3v) is 3.14. The maximum absolute atomic E-state index is 10.4. The minimum absolute atomic E-state index is 0.192. The molecule has 0 saturated heterocycles. The fourth-order valence-corrected chi connectivity index (χ4v) is 1.96. The van der Waals surface area contributed by atoms with Gasteiger partial charge in [0.25, 0.3) is 10.1 Å². The van der Waals surface area contributed by atoms with Gasteiger partial charge in [-0.2, -0.15) is 8.42 Å². The average molecular weight is 254 g/mol. The molecule has 1 N–H and O–H groups in total. The van der Waals surface area contributed by atoms with Crippen LogP contribution in [0, 0.1) is 0 Å². The Bertz CT molecular complexity index is 435. The Labute approximate surface area is 103 Å². The van der Waals surface area contributed by atoms with Gasteiger partial charge in [0.1, 0.15) is 0 Å². The van der Waals surface area contributed by atoms with Crippen molar-refractivity contribution < 1.29 is 13.0 Å². The molecule has 0 amide bonds. The highest BCUT2D eigenvalue weighted by Gasteiger charge is 2.00. The number of unbranched alkanes of at least 4 members (excludes halogenated alkanes) is 1. The number of hydrogen-bond donors (Lipinski definition) is 1. The van der Waals surface area contributed by atoms with Gasteiger partial charge in [-0.3, -0.25) is 4.55 Å². The molecule has 0 saturated carbocycles. The molecule has 0 aliphatic carbocycles. The predicted molar refractivity (Wildman–Crippen MR) is 69.6 cm³/mol. The molecule has 1 aromatic rings. The van der Waals surface area contributed by atoms with Crippen molar-refractivity contribution in [2.75, 3.05) is 5.75 Å². The van der Waals surface area contributed by atoms with E-state index in [1.807, 2.05) is 24.3 Å². The number of hydrogen-bond acceptors (Lipinski definition) is 2. The Balaban J connectivity index is 2.10. The Kier molecular flexibility index (Phi) is 5.94. The summed E-state index contributed by atoms with van der Waals surface area (Å²) in [4.78, 5) is 0. The van der Waals surface area contributed by atoms with Gasteiger partial charge in [0.05, 0.1) is 5.75 Å². The number of allylic oxidation sites excluding steroid dienone is 2. The van der Waals surface area contributed by atoms with Crippen molar-refractivity contribution in [2.45, 2.75) is 25.7 Å². The lowest BCUT2D eigenvalue weighted by atomic mass is 10.1. The Morgan fingerprint density at radius 1 is 1.06 bits per heavy atom. The zero-order valence-electron chi connectivity index (χ0n) is 9.75. The van der Waals surface area contributed by atoms with Crippen LogP contribution in [-0.4, -0.2) is 18.7 Å². The van der Waals surface area contributed by atoms with E-state index >= 15 is 0 Å². The first-order valence-corrected chi connectivity index (χ1v) is 7.33. The van der Waals surface area contributed by atoms with Gasteiger partial charge in [-0.15, -0.1) is 0 Å². The second-order valence-corrected chi connectivity index (χ2v) is 5.50.